The molecule has 1 aliphatic heterocycles. The highest BCUT2D eigenvalue weighted by atomic mass is 32.2. The molecule has 1 N–H and O–H groups in total. The highest BCUT2D eigenvalue weighted by Crippen LogP contribution is 2.43. The molecule has 0 saturated heterocycles. The molecule has 1 aliphatic carbocycles. The van der Waals surface area contributed by atoms with Crippen molar-refractivity contribution in [3.05, 3.63) is 24.0 Å². The van der Waals surface area contributed by atoms with Gasteiger partial charge in [-0.3, -0.25) is 4.99 Å². The molecule has 0 unspecified atom stereocenters. The zero-order valence-corrected chi connectivity index (χ0v) is 12.4. The fourth-order valence-electron chi connectivity index (χ4n) is 2.92. The maximum atomic E-state index is 13.4. The lowest BCUT2D eigenvalue weighted by molar-refractivity contribution is 0.359. The summed E-state index contributed by atoms with van der Waals surface area (Å²) in [5.41, 5.74) is 1.26. The molecule has 0 aromatic heterocycles. The molecule has 1 fully saturated rings. The van der Waals surface area contributed by atoms with Crippen LogP contribution in [-0.4, -0.2) is 24.6 Å². The first-order valence-electron chi connectivity index (χ1n) is 6.99. The van der Waals surface area contributed by atoms with Gasteiger partial charge in [-0.25, -0.2) is 4.39 Å². The number of thioether (sulfide) groups is 1. The van der Waals surface area contributed by atoms with Crippen molar-refractivity contribution in [3.63, 3.8) is 0 Å². The molecule has 0 bridgehead atoms. The van der Waals surface area contributed by atoms with Gasteiger partial charge in [-0.2, -0.15) is 0 Å². The van der Waals surface area contributed by atoms with E-state index < -0.39 is 0 Å². The molecular formula is C15H19FN2OS. The van der Waals surface area contributed by atoms with Crippen molar-refractivity contribution in [2.75, 3.05) is 24.7 Å². The summed E-state index contributed by atoms with van der Waals surface area (Å²) in [5.74, 6) is 1.04. The second kappa shape index (κ2) is 5.64. The largest absolute Gasteiger partial charge is 0.494 e. The predicted octanol–water partition coefficient (Wildman–Crippen LogP) is 3.91. The van der Waals surface area contributed by atoms with Gasteiger partial charge in [0, 0.05) is 24.1 Å². The van der Waals surface area contributed by atoms with Crippen molar-refractivity contribution in [1.29, 1.82) is 0 Å². The zero-order valence-electron chi connectivity index (χ0n) is 11.6. The number of hydrogen-bond donors (Lipinski definition) is 1. The van der Waals surface area contributed by atoms with Gasteiger partial charge in [0.2, 0.25) is 0 Å². The van der Waals surface area contributed by atoms with E-state index in [2.05, 4.69) is 10.3 Å². The highest BCUT2D eigenvalue weighted by Gasteiger charge is 2.36. The Hall–Kier alpha value is -1.23. The summed E-state index contributed by atoms with van der Waals surface area (Å²) in [5, 5.41) is 4.18. The Balaban J connectivity index is 1.68. The van der Waals surface area contributed by atoms with Crippen LogP contribution in [0.15, 0.2) is 23.2 Å². The molecule has 0 amide bonds. The van der Waals surface area contributed by atoms with Gasteiger partial charge in [0.25, 0.3) is 0 Å². The molecule has 1 heterocycles. The summed E-state index contributed by atoms with van der Waals surface area (Å²) in [6, 6.07) is 4.78. The number of amidine groups is 1. The van der Waals surface area contributed by atoms with E-state index in [0.29, 0.717) is 5.41 Å². The Bertz CT molecular complexity index is 527. The van der Waals surface area contributed by atoms with Crippen LogP contribution < -0.4 is 10.1 Å². The van der Waals surface area contributed by atoms with Crippen molar-refractivity contribution in [3.8, 4) is 5.75 Å². The number of nitrogens with one attached hydrogen (secondary N) is 1. The molecule has 1 saturated carbocycles. The van der Waals surface area contributed by atoms with Crippen LogP contribution in [0.2, 0.25) is 0 Å². The third-order valence-corrected chi connectivity index (χ3v) is 5.40. The highest BCUT2D eigenvalue weighted by molar-refractivity contribution is 8.14. The summed E-state index contributed by atoms with van der Waals surface area (Å²) in [7, 11) is 1.47. The molecule has 1 aromatic rings. The number of anilines is 1. The first-order valence-corrected chi connectivity index (χ1v) is 7.97. The maximum Gasteiger partial charge on any atom is 0.165 e. The summed E-state index contributed by atoms with van der Waals surface area (Å²) in [6.07, 6.45) is 5.30. The van der Waals surface area contributed by atoms with Crippen LogP contribution in [0.4, 0.5) is 10.1 Å². The molecule has 2 aliphatic rings. The first kappa shape index (κ1) is 13.7. The van der Waals surface area contributed by atoms with Gasteiger partial charge in [0.15, 0.2) is 16.7 Å². The number of halogens is 1. The van der Waals surface area contributed by atoms with E-state index in [4.69, 9.17) is 4.74 Å². The quantitative estimate of drug-likeness (QED) is 0.898. The SMILES string of the molecule is COc1cc(NC2=NCC3(CCCC3)CS2)ccc1F. The zero-order chi connectivity index (χ0) is 14.0. The molecule has 108 valence electrons. The number of nitrogens with zero attached hydrogens (tertiary/aromatic N) is 1. The molecule has 1 aromatic carbocycles. The third kappa shape index (κ3) is 2.77. The van der Waals surface area contributed by atoms with Crippen LogP contribution >= 0.6 is 11.8 Å². The van der Waals surface area contributed by atoms with Crippen LogP contribution in [0.5, 0.6) is 5.75 Å². The molecule has 1 spiro atoms. The lowest BCUT2D eigenvalue weighted by atomic mass is 9.89. The lowest BCUT2D eigenvalue weighted by Gasteiger charge is -2.31. The number of benzene rings is 1. The Kier molecular flexibility index (Phi) is 3.87. The average Bonchev–Trinajstić information content (AvgIpc) is 2.92. The third-order valence-electron chi connectivity index (χ3n) is 4.14. The van der Waals surface area contributed by atoms with Crippen LogP contribution in [0, 0.1) is 11.2 Å². The van der Waals surface area contributed by atoms with Gasteiger partial charge in [0.05, 0.1) is 7.11 Å². The normalized spacial score (nSPS) is 20.8. The second-order valence-corrected chi connectivity index (χ2v) is 6.56. The number of methoxy groups -OCH3 is 1. The van der Waals surface area contributed by atoms with Crippen LogP contribution in [-0.2, 0) is 0 Å². The molecular weight excluding hydrogens is 275 g/mol. The van der Waals surface area contributed by atoms with Crippen LogP contribution in [0.1, 0.15) is 25.7 Å². The minimum Gasteiger partial charge on any atom is -0.494 e. The Morgan fingerprint density at radius 1 is 1.35 bits per heavy atom. The Morgan fingerprint density at radius 2 is 2.15 bits per heavy atom. The molecule has 3 rings (SSSR count). The molecule has 5 heteroatoms. The topological polar surface area (TPSA) is 33.6 Å². The van der Waals surface area contributed by atoms with E-state index >= 15 is 0 Å². The standard InChI is InChI=1S/C15H19FN2OS/c1-19-13-8-11(4-5-12(13)16)18-14-17-9-15(10-20-14)6-2-3-7-15/h4-5,8H,2-3,6-7,9-10H2,1H3,(H,17,18). The second-order valence-electron chi connectivity index (χ2n) is 5.59. The smallest absolute Gasteiger partial charge is 0.165 e. The fourth-order valence-corrected chi connectivity index (χ4v) is 4.09. The van der Waals surface area contributed by atoms with E-state index in [9.17, 15) is 4.39 Å². The van der Waals surface area contributed by atoms with E-state index in [1.54, 1.807) is 23.9 Å². The van der Waals surface area contributed by atoms with Crippen molar-refractivity contribution in [2.24, 2.45) is 10.4 Å². The first-order chi connectivity index (χ1) is 9.71. The van der Waals surface area contributed by atoms with E-state index in [-0.39, 0.29) is 11.6 Å². The Morgan fingerprint density at radius 3 is 2.80 bits per heavy atom. The number of hydrogen-bond acceptors (Lipinski definition) is 4. The van der Waals surface area contributed by atoms with Crippen molar-refractivity contribution >= 4 is 22.6 Å². The fraction of sp³-hybridized carbons (Fsp3) is 0.533. The van der Waals surface area contributed by atoms with E-state index in [0.717, 1.165) is 23.2 Å². The van der Waals surface area contributed by atoms with Gasteiger partial charge < -0.3 is 10.1 Å². The number of ether oxygens (including phenoxy) is 1. The summed E-state index contributed by atoms with van der Waals surface area (Å²) in [4.78, 5) is 4.67. The van der Waals surface area contributed by atoms with E-state index in [1.807, 2.05) is 0 Å². The molecule has 0 atom stereocenters. The van der Waals surface area contributed by atoms with Crippen LogP contribution in [0.25, 0.3) is 0 Å². The van der Waals surface area contributed by atoms with Gasteiger partial charge >= 0.3 is 0 Å². The minimum atomic E-state index is -0.346. The van der Waals surface area contributed by atoms with Crippen molar-refractivity contribution in [1.82, 2.24) is 0 Å². The van der Waals surface area contributed by atoms with Gasteiger partial charge in [-0.15, -0.1) is 0 Å². The minimum absolute atomic E-state index is 0.253. The molecule has 3 nitrogen and oxygen atoms in total. The van der Waals surface area contributed by atoms with Crippen LogP contribution in [0.3, 0.4) is 0 Å². The monoisotopic (exact) mass is 294 g/mol. The predicted molar refractivity (Wildman–Crippen MR) is 82.2 cm³/mol. The summed E-state index contributed by atoms with van der Waals surface area (Å²) in [6.45, 7) is 0.917. The van der Waals surface area contributed by atoms with Gasteiger partial charge in [0.1, 0.15) is 0 Å². The van der Waals surface area contributed by atoms with Gasteiger partial charge in [-0.05, 0) is 30.4 Å². The Labute approximate surface area is 123 Å². The summed E-state index contributed by atoms with van der Waals surface area (Å²) < 4.78 is 18.3. The molecule has 0 radical (unpaired) electrons. The van der Waals surface area contributed by atoms with E-state index in [1.165, 1.54) is 38.9 Å². The molecule has 20 heavy (non-hydrogen) atoms. The van der Waals surface area contributed by atoms with Crippen molar-refractivity contribution < 1.29 is 9.13 Å². The van der Waals surface area contributed by atoms with Crippen molar-refractivity contribution in [2.45, 2.75) is 25.7 Å². The lowest BCUT2D eigenvalue weighted by Crippen LogP contribution is -2.30. The summed E-state index contributed by atoms with van der Waals surface area (Å²) >= 11 is 1.78. The number of rotatable bonds is 2. The number of aliphatic imine (C=N–C) groups is 1. The van der Waals surface area contributed by atoms with Gasteiger partial charge in [-0.1, -0.05) is 24.6 Å². The average molecular weight is 294 g/mol. The maximum absolute atomic E-state index is 13.4.